The van der Waals surface area contributed by atoms with E-state index in [1.54, 1.807) is 13.0 Å². The molecule has 0 spiro atoms. The van der Waals surface area contributed by atoms with Crippen LogP contribution in [0.1, 0.15) is 33.9 Å². The number of hydrogen-bond acceptors (Lipinski definition) is 6. The van der Waals surface area contributed by atoms with E-state index in [0.29, 0.717) is 36.5 Å². The second-order valence-electron chi connectivity index (χ2n) is 5.89. The Hall–Kier alpha value is -3.67. The molecule has 1 aromatic carbocycles. The van der Waals surface area contributed by atoms with Crippen molar-refractivity contribution in [2.45, 2.75) is 19.8 Å². The predicted molar refractivity (Wildman–Crippen MR) is 94.5 cm³/mol. The summed E-state index contributed by atoms with van der Waals surface area (Å²) in [6.07, 6.45) is 0.997. The van der Waals surface area contributed by atoms with Crippen molar-refractivity contribution in [1.29, 1.82) is 5.26 Å². The molecule has 0 atom stereocenters. The lowest BCUT2D eigenvalue weighted by atomic mass is 10.1. The number of carbonyl (C=O) groups excluding carboxylic acids is 1. The molecule has 27 heavy (non-hydrogen) atoms. The molecule has 0 saturated carbocycles. The molecular weight excluding hydrogens is 351 g/mol. The minimum atomic E-state index is -0.372. The summed E-state index contributed by atoms with van der Waals surface area (Å²) in [6.45, 7) is 2.08. The zero-order chi connectivity index (χ0) is 19.4. The smallest absolute Gasteiger partial charge is 0.273 e. The van der Waals surface area contributed by atoms with Crippen molar-refractivity contribution in [3.8, 4) is 11.8 Å². The minimum absolute atomic E-state index is 0.196. The topological polar surface area (TPSA) is 123 Å². The van der Waals surface area contributed by atoms with E-state index in [9.17, 15) is 14.4 Å². The van der Waals surface area contributed by atoms with Crippen LogP contribution in [-0.2, 0) is 6.42 Å². The first-order valence-corrected chi connectivity index (χ1v) is 8.24. The predicted octanol–water partition coefficient (Wildman–Crippen LogP) is 2.12. The third-order valence-corrected chi connectivity index (χ3v) is 3.91. The largest absolute Gasteiger partial charge is 0.382 e. The van der Waals surface area contributed by atoms with Gasteiger partial charge in [-0.2, -0.15) is 10.4 Å². The number of carbonyl (C=O) groups is 1. The second kappa shape index (κ2) is 7.70. The van der Waals surface area contributed by atoms with Gasteiger partial charge >= 0.3 is 0 Å². The molecule has 3 N–H and O–H groups in total. The Morgan fingerprint density at radius 1 is 1.41 bits per heavy atom. The Morgan fingerprint density at radius 2 is 2.15 bits per heavy atom. The van der Waals surface area contributed by atoms with Crippen LogP contribution in [0.4, 0.5) is 10.2 Å². The van der Waals surface area contributed by atoms with E-state index in [2.05, 4.69) is 21.6 Å². The molecule has 138 valence electrons. The van der Waals surface area contributed by atoms with Crippen molar-refractivity contribution < 1.29 is 13.7 Å². The van der Waals surface area contributed by atoms with Crippen molar-refractivity contribution in [3.63, 3.8) is 0 Å². The Bertz CT molecular complexity index is 1000. The van der Waals surface area contributed by atoms with Crippen LogP contribution < -0.4 is 11.1 Å². The number of nitrogen functional groups attached to an aromatic ring is 1. The standard InChI is InChI=1S/C18H17FN6O2/c1-11-9-16(24-27-11)18(26)22-8-2-3-15-14(10-20)17(21)25(23-15)13-6-4-12(19)5-7-13/h4-7,9H,2-3,8,21H2,1H3,(H,22,26). The number of nitriles is 1. The van der Waals surface area contributed by atoms with Crippen LogP contribution in [0.2, 0.25) is 0 Å². The first kappa shape index (κ1) is 18.1. The summed E-state index contributed by atoms with van der Waals surface area (Å²) >= 11 is 0. The molecule has 3 aromatic rings. The van der Waals surface area contributed by atoms with Gasteiger partial charge in [-0.25, -0.2) is 9.07 Å². The van der Waals surface area contributed by atoms with Gasteiger partial charge in [0, 0.05) is 12.6 Å². The summed E-state index contributed by atoms with van der Waals surface area (Å²) < 4.78 is 19.4. The third kappa shape index (κ3) is 3.95. The lowest BCUT2D eigenvalue weighted by molar-refractivity contribution is 0.0944. The van der Waals surface area contributed by atoms with Gasteiger partial charge in [-0.3, -0.25) is 4.79 Å². The van der Waals surface area contributed by atoms with Crippen LogP contribution in [0.25, 0.3) is 5.69 Å². The van der Waals surface area contributed by atoms with Gasteiger partial charge in [0.25, 0.3) is 5.91 Å². The number of aryl methyl sites for hydroxylation is 2. The molecule has 2 heterocycles. The molecule has 0 bridgehead atoms. The maximum Gasteiger partial charge on any atom is 0.273 e. The number of hydrogen-bond donors (Lipinski definition) is 2. The number of anilines is 1. The van der Waals surface area contributed by atoms with Crippen LogP contribution in [0, 0.1) is 24.1 Å². The van der Waals surface area contributed by atoms with Crippen molar-refractivity contribution in [2.24, 2.45) is 0 Å². The zero-order valence-electron chi connectivity index (χ0n) is 14.6. The molecule has 1 amide bonds. The summed E-state index contributed by atoms with van der Waals surface area (Å²) in [4.78, 5) is 11.9. The highest BCUT2D eigenvalue weighted by Crippen LogP contribution is 2.21. The van der Waals surface area contributed by atoms with E-state index in [4.69, 9.17) is 10.3 Å². The Morgan fingerprint density at radius 3 is 2.78 bits per heavy atom. The number of nitrogens with two attached hydrogens (primary N) is 1. The number of rotatable bonds is 6. The number of benzene rings is 1. The van der Waals surface area contributed by atoms with E-state index in [0.717, 1.165) is 0 Å². The molecule has 0 aliphatic rings. The molecule has 3 rings (SSSR count). The lowest BCUT2D eigenvalue weighted by Crippen LogP contribution is -2.25. The fourth-order valence-corrected chi connectivity index (χ4v) is 2.58. The number of nitrogens with one attached hydrogen (secondary N) is 1. The summed E-state index contributed by atoms with van der Waals surface area (Å²) in [5.74, 6) is 0.0498. The second-order valence-corrected chi connectivity index (χ2v) is 5.89. The molecule has 8 nitrogen and oxygen atoms in total. The molecule has 9 heteroatoms. The van der Waals surface area contributed by atoms with Crippen molar-refractivity contribution in [1.82, 2.24) is 20.3 Å². The van der Waals surface area contributed by atoms with E-state index >= 15 is 0 Å². The van der Waals surface area contributed by atoms with Crippen LogP contribution in [0.15, 0.2) is 34.9 Å². The summed E-state index contributed by atoms with van der Waals surface area (Å²) in [5, 5.41) is 20.1. The molecule has 0 aliphatic carbocycles. The number of nitrogens with zero attached hydrogens (tertiary/aromatic N) is 4. The first-order chi connectivity index (χ1) is 13.0. The van der Waals surface area contributed by atoms with Crippen molar-refractivity contribution >= 4 is 11.7 Å². The van der Waals surface area contributed by atoms with Gasteiger partial charge in [0.1, 0.15) is 29.0 Å². The van der Waals surface area contributed by atoms with Gasteiger partial charge in [0.2, 0.25) is 0 Å². The van der Waals surface area contributed by atoms with Gasteiger partial charge in [-0.05, 0) is 44.0 Å². The van der Waals surface area contributed by atoms with Gasteiger partial charge in [0.15, 0.2) is 5.69 Å². The minimum Gasteiger partial charge on any atom is -0.382 e. The zero-order valence-corrected chi connectivity index (χ0v) is 14.6. The van der Waals surface area contributed by atoms with E-state index in [-0.39, 0.29) is 28.8 Å². The SMILES string of the molecule is Cc1cc(C(=O)NCCCc2nn(-c3ccc(F)cc3)c(N)c2C#N)no1. The van der Waals surface area contributed by atoms with Crippen LogP contribution >= 0.6 is 0 Å². The summed E-state index contributed by atoms with van der Waals surface area (Å²) in [6, 6.07) is 9.25. The van der Waals surface area contributed by atoms with Crippen molar-refractivity contribution in [2.75, 3.05) is 12.3 Å². The maximum absolute atomic E-state index is 13.1. The Kier molecular flexibility index (Phi) is 5.17. The number of amides is 1. The van der Waals surface area contributed by atoms with E-state index in [1.807, 2.05) is 0 Å². The van der Waals surface area contributed by atoms with Crippen LogP contribution in [-0.4, -0.2) is 27.4 Å². The highest BCUT2D eigenvalue weighted by molar-refractivity contribution is 5.92. The molecule has 0 aliphatic heterocycles. The number of halogens is 1. The fourth-order valence-electron chi connectivity index (χ4n) is 2.58. The highest BCUT2D eigenvalue weighted by atomic mass is 19.1. The molecule has 0 fully saturated rings. The van der Waals surface area contributed by atoms with Gasteiger partial charge in [-0.1, -0.05) is 5.16 Å². The summed E-state index contributed by atoms with van der Waals surface area (Å²) in [7, 11) is 0. The maximum atomic E-state index is 13.1. The average molecular weight is 368 g/mol. The fraction of sp³-hybridized carbons (Fsp3) is 0.222. The molecule has 0 saturated heterocycles. The van der Waals surface area contributed by atoms with Gasteiger partial charge in [-0.15, -0.1) is 0 Å². The molecule has 0 unspecified atom stereocenters. The monoisotopic (exact) mass is 368 g/mol. The van der Waals surface area contributed by atoms with Crippen LogP contribution in [0.5, 0.6) is 0 Å². The molecular formula is C18H17FN6O2. The van der Waals surface area contributed by atoms with Gasteiger partial charge < -0.3 is 15.6 Å². The lowest BCUT2D eigenvalue weighted by Gasteiger charge is -2.03. The van der Waals surface area contributed by atoms with E-state index in [1.165, 1.54) is 28.9 Å². The Balaban J connectivity index is 1.65. The molecule has 2 aromatic heterocycles. The first-order valence-electron chi connectivity index (χ1n) is 8.24. The quantitative estimate of drug-likeness (QED) is 0.643. The van der Waals surface area contributed by atoms with E-state index < -0.39 is 0 Å². The molecule has 0 radical (unpaired) electrons. The third-order valence-electron chi connectivity index (χ3n) is 3.91. The average Bonchev–Trinajstić information content (AvgIpc) is 3.22. The summed E-state index contributed by atoms with van der Waals surface area (Å²) in [5.41, 5.74) is 7.59. The highest BCUT2D eigenvalue weighted by Gasteiger charge is 2.17. The number of aromatic nitrogens is 3. The van der Waals surface area contributed by atoms with Gasteiger partial charge in [0.05, 0.1) is 11.4 Å². The normalized spacial score (nSPS) is 10.6. The Labute approximate surface area is 154 Å². The van der Waals surface area contributed by atoms with Crippen molar-refractivity contribution in [3.05, 3.63) is 58.9 Å². The van der Waals surface area contributed by atoms with Crippen LogP contribution in [0.3, 0.4) is 0 Å².